The van der Waals surface area contributed by atoms with Gasteiger partial charge in [-0.1, -0.05) is 6.42 Å². The number of nitrogens with one attached hydrogen (secondary N) is 1. The van der Waals surface area contributed by atoms with Crippen molar-refractivity contribution in [3.8, 4) is 11.4 Å². The monoisotopic (exact) mass is 489 g/mol. The number of fused-ring (bicyclic) bond motifs is 1. The molecular formula is C22H29F2N9O2. The Morgan fingerprint density at radius 1 is 1.17 bits per heavy atom. The van der Waals surface area contributed by atoms with Gasteiger partial charge in [0.2, 0.25) is 5.95 Å². The first kappa shape index (κ1) is 24.5. The summed E-state index contributed by atoms with van der Waals surface area (Å²) in [5.41, 5.74) is 4.87. The number of hydrogen-bond acceptors (Lipinski definition) is 9. The molecule has 1 atom stereocenters. The van der Waals surface area contributed by atoms with Gasteiger partial charge in [0.05, 0.1) is 11.9 Å². The van der Waals surface area contributed by atoms with Crippen molar-refractivity contribution in [2.75, 3.05) is 17.6 Å². The van der Waals surface area contributed by atoms with Crippen molar-refractivity contribution in [2.24, 2.45) is 7.05 Å². The number of piperidine rings is 1. The first-order valence-corrected chi connectivity index (χ1v) is 11.4. The van der Waals surface area contributed by atoms with Crippen molar-refractivity contribution in [3.63, 3.8) is 0 Å². The van der Waals surface area contributed by atoms with E-state index in [1.165, 1.54) is 45.7 Å². The SMILES string of the molecule is CC1(C)CCCC2CCCN21.Cn1nnn(-c2cc(Nc3ncc(F)c(N)n3)c(F)cc2O)c1=O. The molecule has 0 aliphatic carbocycles. The van der Waals surface area contributed by atoms with Gasteiger partial charge in [-0.2, -0.15) is 14.3 Å². The van der Waals surface area contributed by atoms with Crippen LogP contribution in [0.2, 0.25) is 0 Å². The maximum absolute atomic E-state index is 14.0. The van der Waals surface area contributed by atoms with E-state index in [1.54, 1.807) is 0 Å². The van der Waals surface area contributed by atoms with Gasteiger partial charge in [-0.15, -0.1) is 0 Å². The number of aryl methyl sites for hydroxylation is 1. The van der Waals surface area contributed by atoms with Gasteiger partial charge in [0.15, 0.2) is 17.5 Å². The molecule has 2 saturated heterocycles. The summed E-state index contributed by atoms with van der Waals surface area (Å²) in [7, 11) is 1.36. The quantitative estimate of drug-likeness (QED) is 0.473. The van der Waals surface area contributed by atoms with E-state index < -0.39 is 28.9 Å². The van der Waals surface area contributed by atoms with Gasteiger partial charge in [0.1, 0.15) is 11.4 Å². The van der Waals surface area contributed by atoms with E-state index in [0.717, 1.165) is 33.7 Å². The molecular weight excluding hydrogens is 460 g/mol. The van der Waals surface area contributed by atoms with Crippen LogP contribution in [0, 0.1) is 11.6 Å². The second kappa shape index (κ2) is 9.56. The summed E-state index contributed by atoms with van der Waals surface area (Å²) >= 11 is 0. The van der Waals surface area contributed by atoms with Crippen LogP contribution in [-0.4, -0.2) is 57.9 Å². The molecule has 0 bridgehead atoms. The number of anilines is 3. The molecule has 2 fully saturated rings. The minimum atomic E-state index is -0.861. The third-order valence-electron chi connectivity index (χ3n) is 6.51. The molecule has 1 unspecified atom stereocenters. The molecule has 2 aliphatic heterocycles. The van der Waals surface area contributed by atoms with Crippen molar-refractivity contribution in [2.45, 2.75) is 57.5 Å². The zero-order valence-corrected chi connectivity index (χ0v) is 19.9. The minimum absolute atomic E-state index is 0.118. The van der Waals surface area contributed by atoms with Gasteiger partial charge in [0.25, 0.3) is 0 Å². The Hall–Kier alpha value is -3.61. The van der Waals surface area contributed by atoms with E-state index in [2.05, 4.69) is 44.5 Å². The van der Waals surface area contributed by atoms with Gasteiger partial charge < -0.3 is 16.2 Å². The fourth-order valence-corrected chi connectivity index (χ4v) is 4.69. The average Bonchev–Trinajstić information content (AvgIpc) is 3.41. The lowest BCUT2D eigenvalue weighted by Crippen LogP contribution is -2.49. The highest BCUT2D eigenvalue weighted by atomic mass is 19.1. The Kier molecular flexibility index (Phi) is 6.70. The fourth-order valence-electron chi connectivity index (χ4n) is 4.69. The number of nitrogens with zero attached hydrogens (tertiary/aromatic N) is 7. The van der Waals surface area contributed by atoms with E-state index in [0.29, 0.717) is 5.54 Å². The third-order valence-corrected chi connectivity index (χ3v) is 6.51. The zero-order valence-electron chi connectivity index (χ0n) is 19.9. The van der Waals surface area contributed by atoms with E-state index in [1.807, 2.05) is 0 Å². The highest BCUT2D eigenvalue weighted by Gasteiger charge is 2.38. The predicted octanol–water partition coefficient (Wildman–Crippen LogP) is 2.48. The number of nitrogen functional groups attached to an aromatic ring is 1. The average molecular weight is 490 g/mol. The minimum Gasteiger partial charge on any atom is -0.506 e. The van der Waals surface area contributed by atoms with Crippen LogP contribution < -0.4 is 16.7 Å². The smallest absolute Gasteiger partial charge is 0.368 e. The summed E-state index contributed by atoms with van der Waals surface area (Å²) in [6.45, 7) is 6.17. The number of benzene rings is 1. The molecule has 11 nitrogen and oxygen atoms in total. The number of aromatic nitrogens is 6. The van der Waals surface area contributed by atoms with Crippen molar-refractivity contribution < 1.29 is 13.9 Å². The van der Waals surface area contributed by atoms with E-state index in [-0.39, 0.29) is 17.3 Å². The van der Waals surface area contributed by atoms with Gasteiger partial charge in [0, 0.05) is 24.7 Å². The number of aromatic hydroxyl groups is 1. The molecule has 0 saturated carbocycles. The Morgan fingerprint density at radius 2 is 1.91 bits per heavy atom. The van der Waals surface area contributed by atoms with Crippen molar-refractivity contribution >= 4 is 17.5 Å². The second-order valence-corrected chi connectivity index (χ2v) is 9.36. The summed E-state index contributed by atoms with van der Waals surface area (Å²) in [4.78, 5) is 21.8. The molecule has 0 amide bonds. The van der Waals surface area contributed by atoms with Gasteiger partial charge in [-0.05, 0) is 62.6 Å². The molecule has 13 heteroatoms. The lowest BCUT2D eigenvalue weighted by atomic mass is 9.87. The number of phenols is 1. The molecule has 3 aromatic rings. The van der Waals surface area contributed by atoms with Crippen LogP contribution in [0.5, 0.6) is 5.75 Å². The molecule has 0 spiro atoms. The largest absolute Gasteiger partial charge is 0.506 e. The highest BCUT2D eigenvalue weighted by Crippen LogP contribution is 2.37. The van der Waals surface area contributed by atoms with Crippen LogP contribution in [0.15, 0.2) is 23.1 Å². The first-order chi connectivity index (χ1) is 16.6. The Balaban J connectivity index is 0.000000218. The molecule has 4 N–H and O–H groups in total. The van der Waals surface area contributed by atoms with Crippen LogP contribution in [-0.2, 0) is 7.05 Å². The van der Waals surface area contributed by atoms with E-state index in [9.17, 15) is 18.7 Å². The summed E-state index contributed by atoms with van der Waals surface area (Å²) in [5, 5.41) is 19.4. The van der Waals surface area contributed by atoms with Gasteiger partial charge in [-0.25, -0.2) is 18.6 Å². The predicted molar refractivity (Wildman–Crippen MR) is 126 cm³/mol. The molecule has 35 heavy (non-hydrogen) atoms. The number of rotatable bonds is 3. The third kappa shape index (κ3) is 5.09. The molecule has 4 heterocycles. The molecule has 2 aliphatic rings. The van der Waals surface area contributed by atoms with Crippen molar-refractivity contribution in [3.05, 3.63) is 40.4 Å². The molecule has 2 aromatic heterocycles. The van der Waals surface area contributed by atoms with Gasteiger partial charge >= 0.3 is 5.69 Å². The lowest BCUT2D eigenvalue weighted by molar-refractivity contribution is 0.0567. The van der Waals surface area contributed by atoms with E-state index >= 15 is 0 Å². The number of nitrogens with two attached hydrogens (primary N) is 1. The highest BCUT2D eigenvalue weighted by molar-refractivity contribution is 5.63. The Morgan fingerprint density at radius 3 is 2.57 bits per heavy atom. The summed E-state index contributed by atoms with van der Waals surface area (Å²) in [6.07, 6.45) is 8.04. The second-order valence-electron chi connectivity index (χ2n) is 9.36. The normalized spacial score (nSPS) is 19.1. The maximum Gasteiger partial charge on any atom is 0.368 e. The Labute approximate surface area is 200 Å². The summed E-state index contributed by atoms with van der Waals surface area (Å²) < 4.78 is 28.8. The number of hydrogen-bond donors (Lipinski definition) is 3. The lowest BCUT2D eigenvalue weighted by Gasteiger charge is -2.44. The molecule has 5 rings (SSSR count). The standard InChI is InChI=1S/C12H10F2N8O2.C10H19N/c1-21-12(24)22(20-19-21)8-3-7(5(13)2-9(8)23)17-11-16-4-6(14)10(15)18-11;1-10(2)7-3-5-9-6-4-8-11(9)10/h2-4,23H,1H3,(H3,15,16,17,18);9H,3-8H2,1-2H3. The number of halogens is 2. The summed E-state index contributed by atoms with van der Waals surface area (Å²) in [6, 6.07) is 2.81. The molecule has 1 aromatic carbocycles. The van der Waals surface area contributed by atoms with Crippen molar-refractivity contribution in [1.82, 2.24) is 34.7 Å². The fraction of sp³-hybridized carbons (Fsp3) is 0.500. The maximum atomic E-state index is 14.0. The Bertz CT molecular complexity index is 1270. The summed E-state index contributed by atoms with van der Waals surface area (Å²) in [5.74, 6) is -2.80. The van der Waals surface area contributed by atoms with Crippen LogP contribution in [0.25, 0.3) is 5.69 Å². The van der Waals surface area contributed by atoms with E-state index in [4.69, 9.17) is 5.73 Å². The van der Waals surface area contributed by atoms with Crippen LogP contribution in [0.4, 0.5) is 26.2 Å². The van der Waals surface area contributed by atoms with Crippen LogP contribution in [0.3, 0.4) is 0 Å². The number of phenolic OH excluding ortho intramolecular Hbond substituents is 1. The van der Waals surface area contributed by atoms with Gasteiger partial charge in [-0.3, -0.25) is 4.90 Å². The number of tetrazole rings is 1. The van der Waals surface area contributed by atoms with Crippen LogP contribution >= 0.6 is 0 Å². The first-order valence-electron chi connectivity index (χ1n) is 11.4. The van der Waals surface area contributed by atoms with Crippen molar-refractivity contribution in [1.29, 1.82) is 0 Å². The molecule has 188 valence electrons. The topological polar surface area (TPSA) is 140 Å². The molecule has 0 radical (unpaired) electrons. The van der Waals surface area contributed by atoms with Crippen LogP contribution in [0.1, 0.15) is 46.0 Å². The zero-order chi connectivity index (χ0) is 25.3.